The summed E-state index contributed by atoms with van der Waals surface area (Å²) in [5.41, 5.74) is 0.746. The van der Waals surface area contributed by atoms with Crippen molar-refractivity contribution < 1.29 is 43.4 Å². The first-order valence-corrected chi connectivity index (χ1v) is 8.69. The lowest BCUT2D eigenvalue weighted by Gasteiger charge is -2.23. The fourth-order valence-electron chi connectivity index (χ4n) is 1.73. The number of hydrogen-bond donors (Lipinski definition) is 5. The number of rotatable bonds is 9. The summed E-state index contributed by atoms with van der Waals surface area (Å²) in [5, 5.41) is 21.7. The molecule has 0 saturated carbocycles. The number of amides is 1. The van der Waals surface area contributed by atoms with Gasteiger partial charge in [-0.15, -0.1) is 0 Å². The standard InChI is InChI=1S/C14H20NO9P/c1-9(12(17)13(18)11(16)8-24-25(20,21)22)15-14(19)23-7-10-5-3-2-4-6-10/h2-6,9,12-13,17-18H,7-8H2,1H3,(H,15,19)(H2,20,21,22)/t9-,12?,13?/m0/s1. The molecule has 3 atom stereocenters. The molecular formula is C14H20NO9P. The van der Waals surface area contributed by atoms with Gasteiger partial charge in [-0.25, -0.2) is 9.36 Å². The highest BCUT2D eigenvalue weighted by molar-refractivity contribution is 7.46. The average Bonchev–Trinajstić information content (AvgIpc) is 2.56. The SMILES string of the molecule is C[C@H](NC(=O)OCc1ccccc1)C(O)C(O)C(=O)COP(=O)(O)O. The van der Waals surface area contributed by atoms with Gasteiger partial charge in [-0.1, -0.05) is 30.3 Å². The van der Waals surface area contributed by atoms with Gasteiger partial charge in [0.2, 0.25) is 0 Å². The van der Waals surface area contributed by atoms with Crippen LogP contribution in [0.5, 0.6) is 0 Å². The molecule has 0 aliphatic rings. The number of hydrogen-bond acceptors (Lipinski definition) is 7. The van der Waals surface area contributed by atoms with Gasteiger partial charge in [0.25, 0.3) is 0 Å². The number of Topliss-reactive ketones (excluding diaryl/α,β-unsaturated/α-hetero) is 1. The number of benzene rings is 1. The van der Waals surface area contributed by atoms with E-state index in [9.17, 15) is 24.4 Å². The molecule has 0 saturated heterocycles. The van der Waals surface area contributed by atoms with Crippen LogP contribution in [-0.2, 0) is 25.2 Å². The van der Waals surface area contributed by atoms with Crippen molar-refractivity contribution in [3.05, 3.63) is 35.9 Å². The van der Waals surface area contributed by atoms with Crippen LogP contribution in [0, 0.1) is 0 Å². The normalized spacial score (nSPS) is 15.1. The third-order valence-electron chi connectivity index (χ3n) is 3.10. The van der Waals surface area contributed by atoms with Gasteiger partial charge in [-0.3, -0.25) is 9.32 Å². The van der Waals surface area contributed by atoms with Crippen molar-refractivity contribution in [1.82, 2.24) is 5.32 Å². The van der Waals surface area contributed by atoms with E-state index in [1.165, 1.54) is 6.92 Å². The first-order valence-electron chi connectivity index (χ1n) is 7.16. The average molecular weight is 377 g/mol. The van der Waals surface area contributed by atoms with Crippen LogP contribution in [0.4, 0.5) is 4.79 Å². The van der Waals surface area contributed by atoms with E-state index in [0.717, 1.165) is 5.56 Å². The Morgan fingerprint density at radius 3 is 2.36 bits per heavy atom. The van der Waals surface area contributed by atoms with E-state index in [0.29, 0.717) is 0 Å². The number of alkyl carbamates (subject to hydrolysis) is 1. The smallest absolute Gasteiger partial charge is 0.445 e. The Kier molecular flexibility index (Phi) is 8.17. The summed E-state index contributed by atoms with van der Waals surface area (Å²) < 4.78 is 19.4. The lowest BCUT2D eigenvalue weighted by Crippen LogP contribution is -2.50. The van der Waals surface area contributed by atoms with Crippen LogP contribution < -0.4 is 5.32 Å². The van der Waals surface area contributed by atoms with E-state index in [1.54, 1.807) is 30.3 Å². The Labute approximate surface area is 143 Å². The molecule has 0 spiro atoms. The lowest BCUT2D eigenvalue weighted by atomic mass is 10.0. The third-order valence-corrected chi connectivity index (χ3v) is 3.56. The van der Waals surface area contributed by atoms with Crippen LogP contribution in [0.25, 0.3) is 0 Å². The Morgan fingerprint density at radius 1 is 1.20 bits per heavy atom. The van der Waals surface area contributed by atoms with Crippen molar-refractivity contribution in [2.45, 2.75) is 31.8 Å². The molecule has 5 N–H and O–H groups in total. The molecule has 10 nitrogen and oxygen atoms in total. The maximum absolute atomic E-state index is 11.6. The Hall–Kier alpha value is -1.81. The van der Waals surface area contributed by atoms with Crippen molar-refractivity contribution in [3.8, 4) is 0 Å². The Morgan fingerprint density at radius 2 is 1.80 bits per heavy atom. The summed E-state index contributed by atoms with van der Waals surface area (Å²) in [7, 11) is -4.88. The van der Waals surface area contributed by atoms with Gasteiger partial charge < -0.3 is 30.1 Å². The van der Waals surface area contributed by atoms with Crippen LogP contribution in [0.3, 0.4) is 0 Å². The second kappa shape index (κ2) is 9.62. The second-order valence-electron chi connectivity index (χ2n) is 5.16. The van der Waals surface area contributed by atoms with Crippen molar-refractivity contribution in [2.75, 3.05) is 6.61 Å². The highest BCUT2D eigenvalue weighted by Gasteiger charge is 2.31. The minimum Gasteiger partial charge on any atom is -0.445 e. The zero-order chi connectivity index (χ0) is 19.0. The molecule has 0 aliphatic heterocycles. The van der Waals surface area contributed by atoms with Crippen molar-refractivity contribution in [2.24, 2.45) is 0 Å². The summed E-state index contributed by atoms with van der Waals surface area (Å²) in [5.74, 6) is -1.15. The van der Waals surface area contributed by atoms with Crippen LogP contribution in [0.15, 0.2) is 30.3 Å². The number of phosphoric ester groups is 1. The Bertz CT molecular complexity index is 618. The number of carbonyl (C=O) groups excluding carboxylic acids is 2. The number of ketones is 1. The topological polar surface area (TPSA) is 163 Å². The lowest BCUT2D eigenvalue weighted by molar-refractivity contribution is -0.136. The molecule has 0 aromatic heterocycles. The van der Waals surface area contributed by atoms with Crippen molar-refractivity contribution in [1.29, 1.82) is 0 Å². The van der Waals surface area contributed by atoms with Crippen LogP contribution in [-0.4, -0.2) is 56.7 Å². The number of ether oxygens (including phenoxy) is 1. The molecule has 0 radical (unpaired) electrons. The highest BCUT2D eigenvalue weighted by atomic mass is 31.2. The van der Waals surface area contributed by atoms with Crippen molar-refractivity contribution in [3.63, 3.8) is 0 Å². The van der Waals surface area contributed by atoms with E-state index in [1.807, 2.05) is 0 Å². The number of nitrogens with one attached hydrogen (secondary N) is 1. The molecule has 0 aliphatic carbocycles. The summed E-state index contributed by atoms with van der Waals surface area (Å²) in [6.07, 6.45) is -4.60. The fraction of sp³-hybridized carbons (Fsp3) is 0.429. The molecule has 1 aromatic rings. The zero-order valence-electron chi connectivity index (χ0n) is 13.3. The molecule has 25 heavy (non-hydrogen) atoms. The highest BCUT2D eigenvalue weighted by Crippen LogP contribution is 2.35. The van der Waals surface area contributed by atoms with Gasteiger partial charge in [0.05, 0.1) is 6.04 Å². The van der Waals surface area contributed by atoms with Crippen molar-refractivity contribution >= 4 is 19.7 Å². The molecule has 11 heteroatoms. The van der Waals surface area contributed by atoms with Gasteiger partial charge in [0, 0.05) is 0 Å². The molecule has 2 unspecified atom stereocenters. The first kappa shape index (κ1) is 21.2. The predicted molar refractivity (Wildman–Crippen MR) is 84.2 cm³/mol. The van der Waals surface area contributed by atoms with Crippen LogP contribution >= 0.6 is 7.82 Å². The second-order valence-corrected chi connectivity index (χ2v) is 6.40. The third kappa shape index (κ3) is 8.21. The van der Waals surface area contributed by atoms with Crippen LogP contribution in [0.2, 0.25) is 0 Å². The van der Waals surface area contributed by atoms with Gasteiger partial charge in [-0.2, -0.15) is 0 Å². The molecule has 0 bridgehead atoms. The van der Waals surface area contributed by atoms with Gasteiger partial charge >= 0.3 is 13.9 Å². The van der Waals surface area contributed by atoms with Gasteiger partial charge in [-0.05, 0) is 12.5 Å². The van der Waals surface area contributed by atoms with Gasteiger partial charge in [0.1, 0.15) is 25.4 Å². The minimum atomic E-state index is -4.88. The summed E-state index contributed by atoms with van der Waals surface area (Å²) in [4.78, 5) is 40.1. The molecule has 1 aromatic carbocycles. The predicted octanol–water partition coefficient (Wildman–Crippen LogP) is -0.298. The summed E-state index contributed by atoms with van der Waals surface area (Å²) in [6.45, 7) is 0.218. The quantitative estimate of drug-likeness (QED) is 0.364. The first-order chi connectivity index (χ1) is 11.6. The maximum Gasteiger partial charge on any atom is 0.470 e. The number of aliphatic hydroxyl groups excluding tert-OH is 2. The number of aliphatic hydroxyl groups is 2. The maximum atomic E-state index is 11.6. The molecule has 0 heterocycles. The minimum absolute atomic E-state index is 0.00685. The molecule has 1 rings (SSSR count). The largest absolute Gasteiger partial charge is 0.470 e. The Balaban J connectivity index is 2.43. The van der Waals surface area contributed by atoms with E-state index in [-0.39, 0.29) is 6.61 Å². The monoisotopic (exact) mass is 377 g/mol. The van der Waals surface area contributed by atoms with E-state index >= 15 is 0 Å². The molecular weight excluding hydrogens is 357 g/mol. The molecule has 140 valence electrons. The number of phosphoric acid groups is 1. The number of carbonyl (C=O) groups is 2. The van der Waals surface area contributed by atoms with Crippen LogP contribution in [0.1, 0.15) is 12.5 Å². The van der Waals surface area contributed by atoms with Gasteiger partial charge in [0.15, 0.2) is 5.78 Å². The van der Waals surface area contributed by atoms with E-state index < -0.39 is 44.6 Å². The fourth-order valence-corrected chi connectivity index (χ4v) is 2.03. The summed E-state index contributed by atoms with van der Waals surface area (Å²) >= 11 is 0. The molecule has 1 amide bonds. The van der Waals surface area contributed by atoms with E-state index in [2.05, 4.69) is 9.84 Å². The zero-order valence-corrected chi connectivity index (χ0v) is 14.2. The molecule has 0 fully saturated rings. The summed E-state index contributed by atoms with van der Waals surface area (Å²) in [6, 6.07) is 7.76. The van der Waals surface area contributed by atoms with E-state index in [4.69, 9.17) is 14.5 Å².